The third-order valence-electron chi connectivity index (χ3n) is 6.86. The van der Waals surface area contributed by atoms with Crippen LogP contribution in [-0.4, -0.2) is 8.07 Å². The summed E-state index contributed by atoms with van der Waals surface area (Å²) >= 11 is 0. The molecule has 0 fully saturated rings. The molecular weight excluding hydrogens is 340 g/mol. The third-order valence-corrected chi connectivity index (χ3v) is 10.8. The number of rotatable bonds is 4. The third kappa shape index (κ3) is 2.78. The zero-order chi connectivity index (χ0) is 19.6. The van der Waals surface area contributed by atoms with Crippen molar-refractivity contribution in [1.29, 1.82) is 0 Å². The Hall–Kier alpha value is -1.60. The second-order valence-electron chi connectivity index (χ2n) is 10.3. The van der Waals surface area contributed by atoms with Gasteiger partial charge < -0.3 is 0 Å². The first-order valence-electron chi connectivity index (χ1n) is 10.7. The molecule has 4 rings (SSSR count). The molecule has 0 radical (unpaired) electrons. The van der Waals surface area contributed by atoms with Gasteiger partial charge >= 0.3 is 0 Å². The molecular formula is C26H34Si. The molecule has 0 saturated carbocycles. The van der Waals surface area contributed by atoms with Crippen LogP contribution in [0.5, 0.6) is 0 Å². The van der Waals surface area contributed by atoms with Crippen LogP contribution in [0.1, 0.15) is 75.3 Å². The maximum Gasteiger partial charge on any atom is 0.0931 e. The molecule has 2 bridgehead atoms. The smallest absolute Gasteiger partial charge is 0.0675 e. The molecule has 27 heavy (non-hydrogen) atoms. The lowest BCUT2D eigenvalue weighted by molar-refractivity contribution is 0.590. The van der Waals surface area contributed by atoms with Crippen molar-refractivity contribution in [1.82, 2.24) is 0 Å². The van der Waals surface area contributed by atoms with Gasteiger partial charge in [0, 0.05) is 5.54 Å². The quantitative estimate of drug-likeness (QED) is 0.507. The van der Waals surface area contributed by atoms with Crippen LogP contribution in [0.4, 0.5) is 0 Å². The van der Waals surface area contributed by atoms with E-state index in [1.165, 1.54) is 30.4 Å². The van der Waals surface area contributed by atoms with E-state index in [9.17, 15) is 0 Å². The summed E-state index contributed by atoms with van der Waals surface area (Å²) in [4.78, 5) is 0. The van der Waals surface area contributed by atoms with E-state index in [4.69, 9.17) is 0 Å². The van der Waals surface area contributed by atoms with E-state index in [2.05, 4.69) is 84.1 Å². The van der Waals surface area contributed by atoms with Gasteiger partial charge in [0.15, 0.2) is 0 Å². The number of hydrogen-bond donors (Lipinski definition) is 0. The Labute approximate surface area is 166 Å². The molecule has 1 atom stereocenters. The summed E-state index contributed by atoms with van der Waals surface area (Å²) in [7, 11) is -1.52. The first-order valence-corrected chi connectivity index (χ1v) is 13.7. The minimum absolute atomic E-state index is 0.211. The largest absolute Gasteiger partial charge is 0.0931 e. The summed E-state index contributed by atoms with van der Waals surface area (Å²) in [6.07, 6.45) is 6.32. The Morgan fingerprint density at radius 3 is 2.30 bits per heavy atom. The summed E-state index contributed by atoms with van der Waals surface area (Å²) in [6, 6.07) is 12.1. The lowest BCUT2D eigenvalue weighted by atomic mass is 9.85. The van der Waals surface area contributed by atoms with Crippen molar-refractivity contribution in [3.05, 3.63) is 58.2 Å². The maximum absolute atomic E-state index is 2.61. The SMILES string of the molecule is CCCCc1cc2c(-c3ccc(C(C)(C)C)cc3)c3c1C=C(C)C3[Si]2(C)C. The van der Waals surface area contributed by atoms with E-state index in [0.717, 1.165) is 0 Å². The summed E-state index contributed by atoms with van der Waals surface area (Å²) in [5.41, 5.74) is 11.8. The minimum Gasteiger partial charge on any atom is -0.0675 e. The van der Waals surface area contributed by atoms with Gasteiger partial charge in [0.05, 0.1) is 8.07 Å². The van der Waals surface area contributed by atoms with Crippen molar-refractivity contribution in [2.24, 2.45) is 0 Å². The first-order chi connectivity index (χ1) is 12.7. The summed E-state index contributed by atoms with van der Waals surface area (Å²) in [5.74, 6) is 0. The molecule has 0 aromatic heterocycles. The van der Waals surface area contributed by atoms with Crippen molar-refractivity contribution < 1.29 is 0 Å². The number of allylic oxidation sites excluding steroid dienone is 1. The predicted molar refractivity (Wildman–Crippen MR) is 123 cm³/mol. The number of aryl methyl sites for hydroxylation is 1. The molecule has 0 spiro atoms. The highest BCUT2D eigenvalue weighted by atomic mass is 28.3. The molecule has 1 unspecified atom stereocenters. The van der Waals surface area contributed by atoms with Gasteiger partial charge in [-0.1, -0.05) is 94.4 Å². The topological polar surface area (TPSA) is 0 Å². The van der Waals surface area contributed by atoms with E-state index in [1.54, 1.807) is 33.0 Å². The van der Waals surface area contributed by atoms with Crippen LogP contribution in [0.2, 0.25) is 13.1 Å². The van der Waals surface area contributed by atoms with Crippen LogP contribution in [0.25, 0.3) is 17.2 Å². The van der Waals surface area contributed by atoms with Gasteiger partial charge in [-0.2, -0.15) is 0 Å². The standard InChI is InChI=1S/C26H34Si/c1-8-9-10-19-16-22-23(18-11-13-20(14-12-18)26(3,4)5)24-21(19)15-17(2)25(24)27(22,6)7/h11-16,25H,8-10H2,1-7H3. The molecule has 0 N–H and O–H groups in total. The van der Waals surface area contributed by atoms with Gasteiger partial charge in [-0.25, -0.2) is 0 Å². The second kappa shape index (κ2) is 6.20. The Morgan fingerprint density at radius 2 is 1.70 bits per heavy atom. The van der Waals surface area contributed by atoms with Crippen LogP contribution < -0.4 is 5.19 Å². The van der Waals surface area contributed by atoms with Crippen LogP contribution in [0.3, 0.4) is 0 Å². The molecule has 2 aliphatic rings. The fourth-order valence-corrected chi connectivity index (χ4v) is 9.43. The lowest BCUT2D eigenvalue weighted by Crippen LogP contribution is -2.43. The highest BCUT2D eigenvalue weighted by Crippen LogP contribution is 2.52. The normalized spacial score (nSPS) is 19.5. The monoisotopic (exact) mass is 374 g/mol. The maximum atomic E-state index is 2.61. The number of benzene rings is 2. The highest BCUT2D eigenvalue weighted by molar-refractivity contribution is 6.94. The molecule has 0 amide bonds. The van der Waals surface area contributed by atoms with Gasteiger partial charge in [0.25, 0.3) is 0 Å². The average molecular weight is 375 g/mol. The van der Waals surface area contributed by atoms with Gasteiger partial charge in [-0.05, 0) is 58.6 Å². The van der Waals surface area contributed by atoms with Crippen molar-refractivity contribution in [3.8, 4) is 11.1 Å². The number of hydrogen-bond acceptors (Lipinski definition) is 0. The summed E-state index contributed by atoms with van der Waals surface area (Å²) < 4.78 is 0. The number of fused-ring (bicyclic) bond motifs is 1. The second-order valence-corrected chi connectivity index (χ2v) is 14.8. The first kappa shape index (κ1) is 18.7. The van der Waals surface area contributed by atoms with Crippen molar-refractivity contribution in [2.75, 3.05) is 0 Å². The van der Waals surface area contributed by atoms with Crippen molar-refractivity contribution >= 4 is 19.3 Å². The Morgan fingerprint density at radius 1 is 1.04 bits per heavy atom. The molecule has 142 valence electrons. The van der Waals surface area contributed by atoms with Gasteiger partial charge in [-0.15, -0.1) is 0 Å². The Bertz CT molecular complexity index is 920. The number of unbranched alkanes of at least 4 members (excludes halogenated alkanes) is 1. The highest BCUT2D eigenvalue weighted by Gasteiger charge is 2.49. The Balaban J connectivity index is 1.90. The molecule has 1 heteroatoms. The fourth-order valence-electron chi connectivity index (χ4n) is 5.40. The molecule has 2 aromatic rings. The van der Waals surface area contributed by atoms with Crippen LogP contribution in [0, 0.1) is 0 Å². The zero-order valence-electron chi connectivity index (χ0n) is 18.2. The molecule has 0 nitrogen and oxygen atoms in total. The minimum atomic E-state index is -1.52. The fraction of sp³-hybridized carbons (Fsp3) is 0.462. The van der Waals surface area contributed by atoms with Gasteiger partial charge in [0.2, 0.25) is 0 Å². The van der Waals surface area contributed by atoms with Crippen LogP contribution >= 0.6 is 0 Å². The van der Waals surface area contributed by atoms with Gasteiger partial charge in [-0.3, -0.25) is 0 Å². The summed E-state index contributed by atoms with van der Waals surface area (Å²) in [6.45, 7) is 16.7. The van der Waals surface area contributed by atoms with Crippen molar-refractivity contribution in [2.45, 2.75) is 77.9 Å². The molecule has 1 aliphatic carbocycles. The van der Waals surface area contributed by atoms with E-state index >= 15 is 0 Å². The lowest BCUT2D eigenvalue weighted by Gasteiger charge is -2.26. The van der Waals surface area contributed by atoms with E-state index in [0.29, 0.717) is 5.54 Å². The van der Waals surface area contributed by atoms with Crippen molar-refractivity contribution in [3.63, 3.8) is 0 Å². The van der Waals surface area contributed by atoms with E-state index < -0.39 is 8.07 Å². The van der Waals surface area contributed by atoms with Crippen LogP contribution in [0.15, 0.2) is 35.9 Å². The van der Waals surface area contributed by atoms with Crippen LogP contribution in [-0.2, 0) is 11.8 Å². The molecule has 2 aromatic carbocycles. The Kier molecular flexibility index (Phi) is 4.31. The molecule has 1 heterocycles. The molecule has 0 saturated heterocycles. The van der Waals surface area contributed by atoms with Gasteiger partial charge in [0.1, 0.15) is 0 Å². The zero-order valence-corrected chi connectivity index (χ0v) is 19.2. The summed E-state index contributed by atoms with van der Waals surface area (Å²) in [5, 5.41) is 1.70. The van der Waals surface area contributed by atoms with E-state index in [1.807, 2.05) is 0 Å². The predicted octanol–water partition coefficient (Wildman–Crippen LogP) is 6.96. The van der Waals surface area contributed by atoms with E-state index in [-0.39, 0.29) is 5.41 Å². The molecule has 1 aliphatic heterocycles. The average Bonchev–Trinajstić information content (AvgIpc) is 3.03.